The van der Waals surface area contributed by atoms with Crippen molar-refractivity contribution in [2.24, 2.45) is 0 Å². The predicted molar refractivity (Wildman–Crippen MR) is 99.6 cm³/mol. The quantitative estimate of drug-likeness (QED) is 0.868. The molecule has 2 N–H and O–H groups in total. The van der Waals surface area contributed by atoms with Gasteiger partial charge in [0.25, 0.3) is 0 Å². The summed E-state index contributed by atoms with van der Waals surface area (Å²) >= 11 is 0. The van der Waals surface area contributed by atoms with E-state index in [1.807, 2.05) is 45.0 Å². The van der Waals surface area contributed by atoms with Gasteiger partial charge < -0.3 is 10.6 Å². The third-order valence-corrected chi connectivity index (χ3v) is 5.76. The van der Waals surface area contributed by atoms with Crippen LogP contribution >= 0.6 is 12.4 Å². The van der Waals surface area contributed by atoms with Crippen LogP contribution in [0.15, 0.2) is 24.3 Å². The number of piperidine rings is 1. The molecule has 1 fully saturated rings. The monoisotopic (exact) mass is 358 g/mol. The van der Waals surface area contributed by atoms with Gasteiger partial charge in [-0.1, -0.05) is 18.6 Å². The topological polar surface area (TPSA) is 58.2 Å². The molecular formula is C17H27ClN2O2S. The molecule has 0 aliphatic carbocycles. The molecule has 0 radical (unpaired) electrons. The summed E-state index contributed by atoms with van der Waals surface area (Å²) in [4.78, 5) is 12.2. The zero-order chi connectivity index (χ0) is 16.2. The molecule has 1 heterocycles. The van der Waals surface area contributed by atoms with E-state index < -0.39 is 10.8 Å². The zero-order valence-corrected chi connectivity index (χ0v) is 15.7. The molecule has 1 aliphatic rings. The van der Waals surface area contributed by atoms with Gasteiger partial charge in [0.15, 0.2) is 0 Å². The van der Waals surface area contributed by atoms with E-state index in [1.165, 1.54) is 0 Å². The predicted octanol–water partition coefficient (Wildman–Crippen LogP) is 3.24. The molecule has 6 heteroatoms. The first-order valence-corrected chi connectivity index (χ1v) is 9.20. The van der Waals surface area contributed by atoms with Crippen LogP contribution in [-0.2, 0) is 21.3 Å². The second-order valence-electron chi connectivity index (χ2n) is 6.79. The standard InChI is InChI=1S/C17H26N2O2S.ClH/c1-17(2,3)22(21)12-13-7-6-8-14(11-13)19-16(20)15-9-4-5-10-18-15;/h6-8,11,15,18H,4-5,9-10,12H2,1-3H3,(H,19,20);1H. The number of amides is 1. The van der Waals surface area contributed by atoms with Gasteiger partial charge in [-0.25, -0.2) is 0 Å². The SMILES string of the molecule is CC(C)(C)S(=O)Cc1cccc(NC(=O)C2CCCCN2)c1.Cl. The second-order valence-corrected chi connectivity index (χ2v) is 9.00. The van der Waals surface area contributed by atoms with E-state index in [2.05, 4.69) is 10.6 Å². The van der Waals surface area contributed by atoms with E-state index in [0.717, 1.165) is 37.1 Å². The maximum Gasteiger partial charge on any atom is 0.241 e. The maximum atomic E-state index is 12.2. The lowest BCUT2D eigenvalue weighted by atomic mass is 10.0. The van der Waals surface area contributed by atoms with Gasteiger partial charge in [-0.3, -0.25) is 9.00 Å². The Hall–Kier alpha value is -0.910. The molecule has 2 atom stereocenters. The largest absolute Gasteiger partial charge is 0.325 e. The summed E-state index contributed by atoms with van der Waals surface area (Å²) in [5, 5.41) is 6.21. The van der Waals surface area contributed by atoms with E-state index >= 15 is 0 Å². The Balaban J connectivity index is 0.00000264. The first-order chi connectivity index (χ1) is 10.4. The first kappa shape index (κ1) is 20.1. The van der Waals surface area contributed by atoms with Crippen LogP contribution in [0.1, 0.15) is 45.6 Å². The van der Waals surface area contributed by atoms with Crippen LogP contribution in [-0.4, -0.2) is 27.4 Å². The first-order valence-electron chi connectivity index (χ1n) is 7.88. The summed E-state index contributed by atoms with van der Waals surface area (Å²) in [5.74, 6) is 0.531. The van der Waals surface area contributed by atoms with Crippen LogP contribution < -0.4 is 10.6 Å². The highest BCUT2D eigenvalue weighted by molar-refractivity contribution is 7.85. The van der Waals surface area contributed by atoms with Crippen LogP contribution in [0.2, 0.25) is 0 Å². The fourth-order valence-electron chi connectivity index (χ4n) is 2.41. The third kappa shape index (κ3) is 6.24. The van der Waals surface area contributed by atoms with Crippen molar-refractivity contribution in [3.05, 3.63) is 29.8 Å². The van der Waals surface area contributed by atoms with Crippen molar-refractivity contribution >= 4 is 34.8 Å². The van der Waals surface area contributed by atoms with Gasteiger partial charge in [0.2, 0.25) is 5.91 Å². The molecule has 0 spiro atoms. The van der Waals surface area contributed by atoms with Gasteiger partial charge in [-0.2, -0.15) is 0 Å². The Kier molecular flexibility index (Phi) is 7.71. The van der Waals surface area contributed by atoms with Gasteiger partial charge >= 0.3 is 0 Å². The Bertz CT molecular complexity index is 552. The summed E-state index contributed by atoms with van der Waals surface area (Å²) in [6, 6.07) is 7.56. The number of nitrogens with one attached hydrogen (secondary N) is 2. The number of anilines is 1. The smallest absolute Gasteiger partial charge is 0.241 e. The highest BCUT2D eigenvalue weighted by Crippen LogP contribution is 2.19. The van der Waals surface area contributed by atoms with E-state index in [4.69, 9.17) is 0 Å². The fourth-order valence-corrected chi connectivity index (χ4v) is 3.33. The van der Waals surface area contributed by atoms with Crippen molar-refractivity contribution in [2.75, 3.05) is 11.9 Å². The second kappa shape index (κ2) is 8.81. The minimum atomic E-state index is -0.939. The Morgan fingerprint density at radius 3 is 2.70 bits per heavy atom. The molecule has 0 bridgehead atoms. The van der Waals surface area contributed by atoms with Crippen molar-refractivity contribution in [3.8, 4) is 0 Å². The number of carbonyl (C=O) groups is 1. The number of halogens is 1. The lowest BCUT2D eigenvalue weighted by Gasteiger charge is -2.22. The summed E-state index contributed by atoms with van der Waals surface area (Å²) in [5.41, 5.74) is 1.77. The van der Waals surface area contributed by atoms with Crippen molar-refractivity contribution in [3.63, 3.8) is 0 Å². The Morgan fingerprint density at radius 1 is 1.35 bits per heavy atom. The molecule has 0 aromatic heterocycles. The minimum absolute atomic E-state index is 0. The van der Waals surface area contributed by atoms with Gasteiger partial charge in [0.05, 0.1) is 6.04 Å². The molecule has 1 saturated heterocycles. The minimum Gasteiger partial charge on any atom is -0.325 e. The van der Waals surface area contributed by atoms with E-state index in [1.54, 1.807) is 0 Å². The maximum absolute atomic E-state index is 12.2. The van der Waals surface area contributed by atoms with Crippen molar-refractivity contribution in [1.82, 2.24) is 5.32 Å². The summed E-state index contributed by atoms with van der Waals surface area (Å²) < 4.78 is 12.0. The van der Waals surface area contributed by atoms with Crippen LogP contribution in [0.3, 0.4) is 0 Å². The number of hydrogen-bond donors (Lipinski definition) is 2. The van der Waals surface area contributed by atoms with Gasteiger partial charge in [-0.05, 0) is 57.9 Å². The van der Waals surface area contributed by atoms with Crippen molar-refractivity contribution in [1.29, 1.82) is 0 Å². The molecule has 2 rings (SSSR count). The average Bonchev–Trinajstić information content (AvgIpc) is 2.47. The highest BCUT2D eigenvalue weighted by atomic mass is 35.5. The van der Waals surface area contributed by atoms with Gasteiger partial charge in [0, 0.05) is 27.0 Å². The van der Waals surface area contributed by atoms with Gasteiger partial charge in [-0.15, -0.1) is 12.4 Å². The molecule has 1 aromatic carbocycles. The van der Waals surface area contributed by atoms with Gasteiger partial charge in [0.1, 0.15) is 0 Å². The van der Waals surface area contributed by atoms with Crippen LogP contribution in [0.4, 0.5) is 5.69 Å². The van der Waals surface area contributed by atoms with Crippen LogP contribution in [0, 0.1) is 0 Å². The molecule has 2 unspecified atom stereocenters. The number of benzene rings is 1. The Labute approximate surface area is 147 Å². The number of rotatable bonds is 4. The Morgan fingerprint density at radius 2 is 2.09 bits per heavy atom. The molecule has 1 amide bonds. The van der Waals surface area contributed by atoms with E-state index in [-0.39, 0.29) is 29.1 Å². The van der Waals surface area contributed by atoms with Crippen molar-refractivity contribution in [2.45, 2.75) is 56.6 Å². The van der Waals surface area contributed by atoms with Crippen LogP contribution in [0.25, 0.3) is 0 Å². The number of hydrogen-bond acceptors (Lipinski definition) is 3. The average molecular weight is 359 g/mol. The molecule has 1 aromatic rings. The molecular weight excluding hydrogens is 332 g/mol. The normalized spacial score (nSPS) is 19.5. The molecule has 0 saturated carbocycles. The lowest BCUT2D eigenvalue weighted by molar-refractivity contribution is -0.118. The van der Waals surface area contributed by atoms with E-state index in [0.29, 0.717) is 5.75 Å². The molecule has 4 nitrogen and oxygen atoms in total. The van der Waals surface area contributed by atoms with E-state index in [9.17, 15) is 9.00 Å². The van der Waals surface area contributed by atoms with Crippen LogP contribution in [0.5, 0.6) is 0 Å². The lowest BCUT2D eigenvalue weighted by Crippen LogP contribution is -2.43. The molecule has 130 valence electrons. The summed E-state index contributed by atoms with van der Waals surface area (Å²) in [7, 11) is -0.939. The molecule has 1 aliphatic heterocycles. The fraction of sp³-hybridized carbons (Fsp3) is 0.588. The van der Waals surface area contributed by atoms with Crippen molar-refractivity contribution < 1.29 is 9.00 Å². The zero-order valence-electron chi connectivity index (χ0n) is 14.1. The number of carbonyl (C=O) groups excluding carboxylic acids is 1. The molecule has 23 heavy (non-hydrogen) atoms. The third-order valence-electron chi connectivity index (χ3n) is 3.80. The highest BCUT2D eigenvalue weighted by Gasteiger charge is 2.21. The summed E-state index contributed by atoms with van der Waals surface area (Å²) in [6.07, 6.45) is 3.12. The summed E-state index contributed by atoms with van der Waals surface area (Å²) in [6.45, 7) is 6.83.